The molecule has 84 valence electrons. The minimum absolute atomic E-state index is 0.649. The van der Waals surface area contributed by atoms with Crippen molar-refractivity contribution < 1.29 is 0 Å². The van der Waals surface area contributed by atoms with Gasteiger partial charge in [0.25, 0.3) is 0 Å². The third kappa shape index (κ3) is 1.57. The van der Waals surface area contributed by atoms with E-state index in [0.717, 1.165) is 22.3 Å². The fourth-order valence-corrected chi connectivity index (χ4v) is 2.03. The van der Waals surface area contributed by atoms with Crippen LogP contribution in [0.25, 0.3) is 22.3 Å². The number of rotatable bonds is 1. The van der Waals surface area contributed by atoms with Crippen LogP contribution in [0.5, 0.6) is 0 Å². The van der Waals surface area contributed by atoms with E-state index in [1.54, 1.807) is 18.7 Å². The van der Waals surface area contributed by atoms with Gasteiger partial charge in [-0.25, -0.2) is 9.97 Å². The first-order valence-corrected chi connectivity index (χ1v) is 5.51. The fraction of sp³-hybridized carbons (Fsp3) is 0.0833. The molecule has 0 atom stereocenters. The number of hydrogen-bond donors (Lipinski definition) is 0. The first-order chi connectivity index (χ1) is 8.27. The van der Waals surface area contributed by atoms with Gasteiger partial charge >= 0.3 is 0 Å². The van der Waals surface area contributed by atoms with Gasteiger partial charge < -0.3 is 4.57 Å². The van der Waals surface area contributed by atoms with Gasteiger partial charge in [-0.15, -0.1) is 0 Å². The molecular weight excluding hydrogens is 236 g/mol. The minimum Gasteiger partial charge on any atom is -0.319 e. The zero-order valence-electron chi connectivity index (χ0n) is 9.13. The SMILES string of the molecule is Cn1c(Cl)cc2c(-c3ccncc3)ncnc21. The van der Waals surface area contributed by atoms with Gasteiger partial charge in [0, 0.05) is 30.4 Å². The molecule has 0 aliphatic heterocycles. The largest absolute Gasteiger partial charge is 0.319 e. The van der Waals surface area contributed by atoms with Crippen molar-refractivity contribution in [1.29, 1.82) is 0 Å². The Morgan fingerprint density at radius 1 is 1.18 bits per heavy atom. The predicted octanol–water partition coefficient (Wildman–Crippen LogP) is 2.68. The van der Waals surface area contributed by atoms with E-state index in [-0.39, 0.29) is 0 Å². The highest BCUT2D eigenvalue weighted by atomic mass is 35.5. The summed E-state index contributed by atoms with van der Waals surface area (Å²) >= 11 is 6.09. The molecule has 3 aromatic heterocycles. The molecule has 5 heteroatoms. The second-order valence-electron chi connectivity index (χ2n) is 3.72. The number of aryl methyl sites for hydroxylation is 1. The van der Waals surface area contributed by atoms with Crippen LogP contribution >= 0.6 is 11.6 Å². The first-order valence-electron chi connectivity index (χ1n) is 5.13. The lowest BCUT2D eigenvalue weighted by Gasteiger charge is -2.01. The first kappa shape index (κ1) is 10.2. The molecule has 3 rings (SSSR count). The summed E-state index contributed by atoms with van der Waals surface area (Å²) < 4.78 is 1.84. The van der Waals surface area contributed by atoms with Crippen molar-refractivity contribution in [2.24, 2.45) is 7.05 Å². The molecule has 0 spiro atoms. The Morgan fingerprint density at radius 3 is 2.71 bits per heavy atom. The molecule has 0 saturated carbocycles. The van der Waals surface area contributed by atoms with Crippen molar-refractivity contribution in [3.05, 3.63) is 42.1 Å². The zero-order chi connectivity index (χ0) is 11.8. The van der Waals surface area contributed by atoms with E-state index in [1.807, 2.05) is 29.8 Å². The van der Waals surface area contributed by atoms with E-state index in [0.29, 0.717) is 5.15 Å². The smallest absolute Gasteiger partial charge is 0.144 e. The number of nitrogens with zero attached hydrogens (tertiary/aromatic N) is 4. The summed E-state index contributed by atoms with van der Waals surface area (Å²) in [6, 6.07) is 5.72. The van der Waals surface area contributed by atoms with Crippen molar-refractivity contribution in [1.82, 2.24) is 19.5 Å². The molecule has 0 fully saturated rings. The Kier molecular flexibility index (Phi) is 2.30. The summed E-state index contributed by atoms with van der Waals surface area (Å²) in [5, 5.41) is 1.60. The molecular formula is C12H9ClN4. The standard InChI is InChI=1S/C12H9ClN4/c1-17-10(13)6-9-11(15-7-16-12(9)17)8-2-4-14-5-3-8/h2-7H,1H3. The maximum atomic E-state index is 6.09. The number of fused-ring (bicyclic) bond motifs is 1. The van der Waals surface area contributed by atoms with Crippen molar-refractivity contribution in [2.75, 3.05) is 0 Å². The van der Waals surface area contributed by atoms with Crippen LogP contribution in [0.4, 0.5) is 0 Å². The molecule has 0 unspecified atom stereocenters. The van der Waals surface area contributed by atoms with Crippen LogP contribution in [0.3, 0.4) is 0 Å². The van der Waals surface area contributed by atoms with Crippen LogP contribution in [0.1, 0.15) is 0 Å². The Balaban J connectivity index is 2.35. The molecule has 0 saturated heterocycles. The molecule has 3 heterocycles. The third-order valence-corrected chi connectivity index (χ3v) is 3.08. The average Bonchev–Trinajstić information content (AvgIpc) is 2.67. The molecule has 0 amide bonds. The summed E-state index contributed by atoms with van der Waals surface area (Å²) in [6.45, 7) is 0. The normalized spacial score (nSPS) is 10.9. The van der Waals surface area contributed by atoms with Crippen molar-refractivity contribution in [2.45, 2.75) is 0 Å². The van der Waals surface area contributed by atoms with E-state index < -0.39 is 0 Å². The second kappa shape index (κ2) is 3.82. The Morgan fingerprint density at radius 2 is 1.94 bits per heavy atom. The van der Waals surface area contributed by atoms with Crippen LogP contribution in [-0.4, -0.2) is 19.5 Å². The number of halogens is 1. The minimum atomic E-state index is 0.649. The molecule has 4 nitrogen and oxygen atoms in total. The van der Waals surface area contributed by atoms with Crippen molar-refractivity contribution in [3.63, 3.8) is 0 Å². The van der Waals surface area contributed by atoms with Gasteiger partial charge in [0.15, 0.2) is 0 Å². The lowest BCUT2D eigenvalue weighted by atomic mass is 10.1. The molecule has 0 radical (unpaired) electrons. The number of hydrogen-bond acceptors (Lipinski definition) is 3. The van der Waals surface area contributed by atoms with Crippen LogP contribution in [0, 0.1) is 0 Å². The van der Waals surface area contributed by atoms with E-state index in [1.165, 1.54) is 0 Å². The highest BCUT2D eigenvalue weighted by Gasteiger charge is 2.11. The van der Waals surface area contributed by atoms with E-state index >= 15 is 0 Å². The topological polar surface area (TPSA) is 43.6 Å². The highest BCUT2D eigenvalue weighted by Crippen LogP contribution is 2.28. The molecule has 3 aromatic rings. The summed E-state index contributed by atoms with van der Waals surface area (Å²) in [5.41, 5.74) is 2.71. The quantitative estimate of drug-likeness (QED) is 0.661. The van der Waals surface area contributed by atoms with Gasteiger partial charge in [-0.2, -0.15) is 0 Å². The number of pyridine rings is 1. The zero-order valence-corrected chi connectivity index (χ0v) is 9.89. The highest BCUT2D eigenvalue weighted by molar-refractivity contribution is 6.31. The Labute approximate surface area is 103 Å². The maximum absolute atomic E-state index is 6.09. The molecule has 0 N–H and O–H groups in total. The second-order valence-corrected chi connectivity index (χ2v) is 4.11. The van der Waals surface area contributed by atoms with Crippen LogP contribution in [0.15, 0.2) is 36.9 Å². The molecule has 0 bridgehead atoms. The van der Waals surface area contributed by atoms with Crippen LogP contribution in [0.2, 0.25) is 5.15 Å². The Hall–Kier alpha value is -1.94. The van der Waals surface area contributed by atoms with E-state index in [4.69, 9.17) is 11.6 Å². The van der Waals surface area contributed by atoms with Gasteiger partial charge in [-0.1, -0.05) is 11.6 Å². The average molecular weight is 245 g/mol. The maximum Gasteiger partial charge on any atom is 0.144 e. The van der Waals surface area contributed by atoms with Crippen LogP contribution < -0.4 is 0 Å². The van der Waals surface area contributed by atoms with Crippen molar-refractivity contribution >= 4 is 22.6 Å². The summed E-state index contributed by atoms with van der Waals surface area (Å²) in [6.07, 6.45) is 5.04. The predicted molar refractivity (Wildman–Crippen MR) is 66.8 cm³/mol. The number of aromatic nitrogens is 4. The van der Waals surface area contributed by atoms with Gasteiger partial charge in [0.05, 0.1) is 5.69 Å². The summed E-state index contributed by atoms with van der Waals surface area (Å²) in [4.78, 5) is 12.6. The summed E-state index contributed by atoms with van der Waals surface area (Å²) in [5.74, 6) is 0. The lowest BCUT2D eigenvalue weighted by molar-refractivity contribution is 0.945. The van der Waals surface area contributed by atoms with E-state index in [2.05, 4.69) is 15.0 Å². The van der Waals surface area contributed by atoms with Crippen molar-refractivity contribution in [3.8, 4) is 11.3 Å². The fourth-order valence-electron chi connectivity index (χ4n) is 1.84. The van der Waals surface area contributed by atoms with Gasteiger partial charge in [0.1, 0.15) is 17.1 Å². The lowest BCUT2D eigenvalue weighted by Crippen LogP contribution is -1.92. The molecule has 0 aliphatic carbocycles. The van der Waals surface area contributed by atoms with Gasteiger partial charge in [-0.3, -0.25) is 4.98 Å². The Bertz CT molecular complexity index is 676. The molecule has 0 aliphatic rings. The van der Waals surface area contributed by atoms with Gasteiger partial charge in [0.2, 0.25) is 0 Å². The van der Waals surface area contributed by atoms with Gasteiger partial charge in [-0.05, 0) is 18.2 Å². The molecule has 0 aromatic carbocycles. The molecule has 17 heavy (non-hydrogen) atoms. The van der Waals surface area contributed by atoms with Crippen LogP contribution in [-0.2, 0) is 7.05 Å². The van der Waals surface area contributed by atoms with E-state index in [9.17, 15) is 0 Å². The third-order valence-electron chi connectivity index (χ3n) is 2.72. The monoisotopic (exact) mass is 244 g/mol. The summed E-state index contributed by atoms with van der Waals surface area (Å²) in [7, 11) is 1.88.